The lowest BCUT2D eigenvalue weighted by atomic mass is 10.0. The van der Waals surface area contributed by atoms with Crippen molar-refractivity contribution < 1.29 is 0 Å². The summed E-state index contributed by atoms with van der Waals surface area (Å²) in [6, 6.07) is 0. The summed E-state index contributed by atoms with van der Waals surface area (Å²) in [5.41, 5.74) is 1.42. The first-order valence-electron chi connectivity index (χ1n) is 4.77. The van der Waals surface area contributed by atoms with Gasteiger partial charge in [-0.05, 0) is 25.7 Å². The fourth-order valence-electron chi connectivity index (χ4n) is 1.12. The van der Waals surface area contributed by atoms with E-state index in [1.807, 2.05) is 0 Å². The van der Waals surface area contributed by atoms with Gasteiger partial charge < -0.3 is 0 Å². The largest absolute Gasteiger partial charge is 0.0999 e. The van der Waals surface area contributed by atoms with Crippen LogP contribution in [0, 0.1) is 6.92 Å². The highest BCUT2D eigenvalue weighted by molar-refractivity contribution is 4.93. The van der Waals surface area contributed by atoms with Crippen molar-refractivity contribution in [1.82, 2.24) is 0 Å². The fraction of sp³-hybridized carbons (Fsp3) is 0.727. The lowest BCUT2D eigenvalue weighted by Crippen LogP contribution is -1.82. The van der Waals surface area contributed by atoms with E-state index in [1.165, 1.54) is 44.1 Å². The molecule has 0 saturated carbocycles. The van der Waals surface area contributed by atoms with Crippen molar-refractivity contribution >= 4 is 0 Å². The summed E-state index contributed by atoms with van der Waals surface area (Å²) >= 11 is 0. The SMILES string of the molecule is [CH2]CCCC(=C)CCCCC. The Labute approximate surface area is 71.7 Å². The summed E-state index contributed by atoms with van der Waals surface area (Å²) in [6.45, 7) is 10.1. The minimum atomic E-state index is 1.05. The van der Waals surface area contributed by atoms with E-state index < -0.39 is 0 Å². The summed E-state index contributed by atoms with van der Waals surface area (Å²) in [5.74, 6) is 0. The molecule has 0 atom stereocenters. The number of rotatable bonds is 7. The summed E-state index contributed by atoms with van der Waals surface area (Å²) in [5, 5.41) is 0. The third-order valence-electron chi connectivity index (χ3n) is 1.91. The predicted molar refractivity (Wildman–Crippen MR) is 52.5 cm³/mol. The third-order valence-corrected chi connectivity index (χ3v) is 1.91. The molecule has 0 bridgehead atoms. The zero-order valence-electron chi connectivity index (χ0n) is 7.86. The molecule has 0 aliphatic rings. The van der Waals surface area contributed by atoms with Crippen LogP contribution in [0.4, 0.5) is 0 Å². The van der Waals surface area contributed by atoms with E-state index in [0.29, 0.717) is 0 Å². The van der Waals surface area contributed by atoms with E-state index in [0.717, 1.165) is 6.42 Å². The Kier molecular flexibility index (Phi) is 7.66. The summed E-state index contributed by atoms with van der Waals surface area (Å²) in [4.78, 5) is 0. The Bertz CT molecular complexity index is 92.2. The summed E-state index contributed by atoms with van der Waals surface area (Å²) in [6.07, 6.45) is 8.66. The standard InChI is InChI=1S/C11H21/c1-4-6-8-10-11(3)9-7-5-2/h2-10H2,1H3. The van der Waals surface area contributed by atoms with Crippen molar-refractivity contribution in [3.05, 3.63) is 19.1 Å². The van der Waals surface area contributed by atoms with Crippen LogP contribution in [0.25, 0.3) is 0 Å². The molecule has 11 heavy (non-hydrogen) atoms. The molecular weight excluding hydrogens is 132 g/mol. The number of unbranched alkanes of at least 4 members (excludes halogenated alkanes) is 3. The van der Waals surface area contributed by atoms with Crippen molar-refractivity contribution in [3.63, 3.8) is 0 Å². The van der Waals surface area contributed by atoms with Gasteiger partial charge in [0.15, 0.2) is 0 Å². The normalized spacial score (nSPS) is 10.0. The van der Waals surface area contributed by atoms with Gasteiger partial charge in [-0.25, -0.2) is 0 Å². The molecule has 0 aromatic rings. The molecule has 0 heteroatoms. The van der Waals surface area contributed by atoms with Crippen LogP contribution in [0.15, 0.2) is 12.2 Å². The van der Waals surface area contributed by atoms with Gasteiger partial charge in [-0.1, -0.05) is 45.3 Å². The van der Waals surface area contributed by atoms with Crippen LogP contribution < -0.4 is 0 Å². The van der Waals surface area contributed by atoms with Crippen molar-refractivity contribution in [2.45, 2.75) is 51.9 Å². The van der Waals surface area contributed by atoms with Crippen LogP contribution in [0.1, 0.15) is 51.9 Å². The minimum Gasteiger partial charge on any atom is -0.0999 e. The topological polar surface area (TPSA) is 0 Å². The molecular formula is C11H21. The molecule has 0 heterocycles. The number of allylic oxidation sites excluding steroid dienone is 1. The maximum atomic E-state index is 4.04. The molecule has 0 saturated heterocycles. The Morgan fingerprint density at radius 3 is 2.27 bits per heavy atom. The lowest BCUT2D eigenvalue weighted by molar-refractivity contribution is 0.686. The summed E-state index contributed by atoms with van der Waals surface area (Å²) in [7, 11) is 0. The summed E-state index contributed by atoms with van der Waals surface area (Å²) < 4.78 is 0. The van der Waals surface area contributed by atoms with Gasteiger partial charge in [0.25, 0.3) is 0 Å². The van der Waals surface area contributed by atoms with E-state index in [1.54, 1.807) is 0 Å². The average Bonchev–Trinajstić information content (AvgIpc) is 2.01. The van der Waals surface area contributed by atoms with Gasteiger partial charge in [0.2, 0.25) is 0 Å². The molecule has 0 unspecified atom stereocenters. The smallest absolute Gasteiger partial charge is 0.0323 e. The Morgan fingerprint density at radius 1 is 1.09 bits per heavy atom. The first-order chi connectivity index (χ1) is 5.31. The Hall–Kier alpha value is -0.260. The van der Waals surface area contributed by atoms with Crippen LogP contribution in [-0.4, -0.2) is 0 Å². The van der Waals surface area contributed by atoms with E-state index >= 15 is 0 Å². The van der Waals surface area contributed by atoms with Gasteiger partial charge in [0, 0.05) is 0 Å². The van der Waals surface area contributed by atoms with E-state index in [-0.39, 0.29) is 0 Å². The Balaban J connectivity index is 3.09. The van der Waals surface area contributed by atoms with Gasteiger partial charge in [0.05, 0.1) is 0 Å². The zero-order chi connectivity index (χ0) is 8.53. The number of hydrogen-bond donors (Lipinski definition) is 0. The molecule has 0 amide bonds. The van der Waals surface area contributed by atoms with Gasteiger partial charge in [-0.2, -0.15) is 0 Å². The molecule has 0 aromatic heterocycles. The van der Waals surface area contributed by atoms with E-state index in [2.05, 4.69) is 20.4 Å². The van der Waals surface area contributed by atoms with Crippen LogP contribution in [0.5, 0.6) is 0 Å². The molecule has 0 aliphatic heterocycles. The van der Waals surface area contributed by atoms with Crippen molar-refractivity contribution in [3.8, 4) is 0 Å². The third kappa shape index (κ3) is 7.64. The molecule has 0 rings (SSSR count). The van der Waals surface area contributed by atoms with Gasteiger partial charge in [0.1, 0.15) is 0 Å². The lowest BCUT2D eigenvalue weighted by Gasteiger charge is -2.02. The van der Waals surface area contributed by atoms with E-state index in [4.69, 9.17) is 0 Å². The molecule has 65 valence electrons. The second-order valence-electron chi connectivity index (χ2n) is 3.16. The van der Waals surface area contributed by atoms with Gasteiger partial charge >= 0.3 is 0 Å². The van der Waals surface area contributed by atoms with Crippen molar-refractivity contribution in [2.24, 2.45) is 0 Å². The molecule has 0 fully saturated rings. The highest BCUT2D eigenvalue weighted by Gasteiger charge is 1.93. The predicted octanol–water partition coefficient (Wildman–Crippen LogP) is 4.13. The van der Waals surface area contributed by atoms with Gasteiger partial charge in [-0.15, -0.1) is 0 Å². The Morgan fingerprint density at radius 2 is 1.73 bits per heavy atom. The first-order valence-corrected chi connectivity index (χ1v) is 4.77. The molecule has 1 radical (unpaired) electrons. The zero-order valence-corrected chi connectivity index (χ0v) is 7.86. The second-order valence-corrected chi connectivity index (χ2v) is 3.16. The fourth-order valence-corrected chi connectivity index (χ4v) is 1.12. The van der Waals surface area contributed by atoms with Crippen molar-refractivity contribution in [2.75, 3.05) is 0 Å². The van der Waals surface area contributed by atoms with Crippen LogP contribution in [-0.2, 0) is 0 Å². The quantitative estimate of drug-likeness (QED) is 0.381. The molecule has 0 aromatic carbocycles. The van der Waals surface area contributed by atoms with E-state index in [9.17, 15) is 0 Å². The molecule has 0 spiro atoms. The maximum Gasteiger partial charge on any atom is -0.0323 e. The van der Waals surface area contributed by atoms with Crippen LogP contribution in [0.3, 0.4) is 0 Å². The minimum absolute atomic E-state index is 1.05. The highest BCUT2D eigenvalue weighted by atomic mass is 14.0. The first kappa shape index (κ1) is 10.7. The average molecular weight is 153 g/mol. The monoisotopic (exact) mass is 153 g/mol. The van der Waals surface area contributed by atoms with Crippen molar-refractivity contribution in [1.29, 1.82) is 0 Å². The molecule has 0 nitrogen and oxygen atoms in total. The molecule has 0 N–H and O–H groups in total. The van der Waals surface area contributed by atoms with Crippen LogP contribution >= 0.6 is 0 Å². The van der Waals surface area contributed by atoms with Crippen LogP contribution in [0.2, 0.25) is 0 Å². The van der Waals surface area contributed by atoms with Gasteiger partial charge in [-0.3, -0.25) is 0 Å². The maximum absolute atomic E-state index is 4.04. The number of hydrogen-bond acceptors (Lipinski definition) is 0. The molecule has 0 aliphatic carbocycles. The highest BCUT2D eigenvalue weighted by Crippen LogP contribution is 2.12. The second kappa shape index (κ2) is 7.84.